The third-order valence-electron chi connectivity index (χ3n) is 8.47. The predicted molar refractivity (Wildman–Crippen MR) is 237 cm³/mol. The fourth-order valence-corrected chi connectivity index (χ4v) is 6.15. The number of halogens is 5. The number of nitrogens with zero attached hydrogens (tertiary/aromatic N) is 3. The molecule has 0 saturated heterocycles. The van der Waals surface area contributed by atoms with Crippen LogP contribution in [-0.2, 0) is 30.1 Å². The van der Waals surface area contributed by atoms with E-state index in [1.807, 2.05) is 40.0 Å². The summed E-state index contributed by atoms with van der Waals surface area (Å²) in [6, 6.07) is 10.6. The molecule has 0 aliphatic heterocycles. The lowest BCUT2D eigenvalue weighted by Crippen LogP contribution is -2.55. The lowest BCUT2D eigenvalue weighted by Gasteiger charge is -2.44. The molecule has 0 aromatic heterocycles. The highest BCUT2D eigenvalue weighted by molar-refractivity contribution is 6.63. The summed E-state index contributed by atoms with van der Waals surface area (Å²) in [5.41, 5.74) is -1.24. The van der Waals surface area contributed by atoms with Crippen LogP contribution in [0.25, 0.3) is 0 Å². The topological polar surface area (TPSA) is 108 Å². The Morgan fingerprint density at radius 3 is 1.37 bits per heavy atom. The normalized spacial score (nSPS) is 13.1. The van der Waals surface area contributed by atoms with Crippen LogP contribution in [0, 0.1) is 0 Å². The van der Waals surface area contributed by atoms with E-state index >= 15 is 0 Å². The quantitative estimate of drug-likeness (QED) is 0.149. The second kappa shape index (κ2) is 24.2. The van der Waals surface area contributed by atoms with E-state index in [1.165, 1.54) is 4.90 Å². The molecule has 0 saturated carbocycles. The number of ether oxygens (including phenoxy) is 2. The number of carbonyl (C=O) groups excluding carboxylic acids is 4. The van der Waals surface area contributed by atoms with Gasteiger partial charge in [0.05, 0.1) is 31.2 Å². The number of carbonyl (C=O) groups is 4. The average molecular weight is 895 g/mol. The highest BCUT2D eigenvalue weighted by Gasteiger charge is 2.43. The molecular weight excluding hydrogens is 834 g/mol. The molecule has 57 heavy (non-hydrogen) atoms. The summed E-state index contributed by atoms with van der Waals surface area (Å²) in [5, 5.41) is 4.57. The van der Waals surface area contributed by atoms with E-state index in [-0.39, 0.29) is 17.7 Å². The maximum Gasteiger partial charge on any atom is 0.410 e. The number of nitrogens with one attached hydrogen (secondary N) is 1. The first-order chi connectivity index (χ1) is 26.2. The van der Waals surface area contributed by atoms with Crippen LogP contribution in [0.4, 0.5) is 9.59 Å². The molecule has 2 aromatic rings. The van der Waals surface area contributed by atoms with Crippen LogP contribution in [0.3, 0.4) is 0 Å². The zero-order valence-electron chi connectivity index (χ0n) is 35.5. The molecular formula is C42H61Cl5N4O6. The van der Waals surface area contributed by atoms with E-state index in [9.17, 15) is 19.2 Å². The second-order valence-corrected chi connectivity index (χ2v) is 17.3. The molecule has 1 N–H and O–H groups in total. The molecule has 3 amide bonds. The zero-order chi connectivity index (χ0) is 44.5. The third-order valence-corrected chi connectivity index (χ3v) is 10.2. The highest BCUT2D eigenvalue weighted by atomic mass is 35.5. The first kappa shape index (κ1) is 54.0. The van der Waals surface area contributed by atoms with Gasteiger partial charge >= 0.3 is 12.2 Å². The number of amides is 3. The van der Waals surface area contributed by atoms with Crippen molar-refractivity contribution in [3.8, 4) is 0 Å². The van der Waals surface area contributed by atoms with Gasteiger partial charge in [-0.3, -0.25) is 19.4 Å². The van der Waals surface area contributed by atoms with Crippen LogP contribution in [0.5, 0.6) is 0 Å². The van der Waals surface area contributed by atoms with Gasteiger partial charge in [-0.2, -0.15) is 0 Å². The molecule has 320 valence electrons. The predicted octanol–water partition coefficient (Wildman–Crippen LogP) is 11.5. The fourth-order valence-electron chi connectivity index (χ4n) is 5.55. The van der Waals surface area contributed by atoms with Crippen molar-refractivity contribution in [3.05, 3.63) is 92.9 Å². The van der Waals surface area contributed by atoms with Gasteiger partial charge in [0, 0.05) is 47.1 Å². The maximum atomic E-state index is 12.9. The number of hydrogen-bond donors (Lipinski definition) is 1. The number of rotatable bonds is 14. The molecule has 0 spiro atoms. The van der Waals surface area contributed by atoms with Crippen molar-refractivity contribution in [2.75, 3.05) is 41.3 Å². The molecule has 0 bridgehead atoms. The van der Waals surface area contributed by atoms with Gasteiger partial charge in [0.15, 0.2) is 0 Å². The molecule has 2 aromatic carbocycles. The minimum absolute atomic E-state index is 0.0360. The Balaban J connectivity index is 0.000000991. The minimum atomic E-state index is -0.919. The molecule has 2 atom stereocenters. The zero-order valence-corrected chi connectivity index (χ0v) is 39.2. The van der Waals surface area contributed by atoms with E-state index < -0.39 is 34.5 Å². The molecule has 0 aliphatic carbocycles. The molecule has 15 heteroatoms. The van der Waals surface area contributed by atoms with Crippen LogP contribution >= 0.6 is 58.0 Å². The van der Waals surface area contributed by atoms with Crippen molar-refractivity contribution in [1.82, 2.24) is 20.0 Å². The monoisotopic (exact) mass is 892 g/mol. The Kier molecular flexibility index (Phi) is 22.9. The first-order valence-electron chi connectivity index (χ1n) is 18.4. The van der Waals surface area contributed by atoms with Crippen molar-refractivity contribution in [2.45, 2.75) is 103 Å². The van der Waals surface area contributed by atoms with Gasteiger partial charge in [-0.15, -0.1) is 13.2 Å². The lowest BCUT2D eigenvalue weighted by molar-refractivity contribution is -0.131. The second-order valence-electron chi connectivity index (χ2n) is 15.2. The Morgan fingerprint density at radius 1 is 0.684 bits per heavy atom. The summed E-state index contributed by atoms with van der Waals surface area (Å²) in [4.78, 5) is 52.2. The van der Waals surface area contributed by atoms with Gasteiger partial charge < -0.3 is 19.7 Å². The van der Waals surface area contributed by atoms with Gasteiger partial charge in [0.25, 0.3) is 0 Å². The Bertz CT molecular complexity index is 1680. The van der Waals surface area contributed by atoms with Gasteiger partial charge in [-0.1, -0.05) is 84.5 Å². The maximum absolute atomic E-state index is 12.9. The number of benzene rings is 2. The van der Waals surface area contributed by atoms with Crippen LogP contribution in [0.15, 0.2) is 61.7 Å². The lowest BCUT2D eigenvalue weighted by atomic mass is 9.84. The number of likely N-dealkylation sites (N-methyl/N-ethyl adjacent to an activating group) is 4. The smallest absolute Gasteiger partial charge is 0.410 e. The van der Waals surface area contributed by atoms with Crippen LogP contribution in [0.1, 0.15) is 92.2 Å². The van der Waals surface area contributed by atoms with E-state index in [0.29, 0.717) is 52.3 Å². The van der Waals surface area contributed by atoms with E-state index in [4.69, 9.17) is 67.5 Å². The molecule has 2 rings (SSSR count). The van der Waals surface area contributed by atoms with E-state index in [1.54, 1.807) is 102 Å². The summed E-state index contributed by atoms with van der Waals surface area (Å²) < 4.78 is 11.1. The van der Waals surface area contributed by atoms with Gasteiger partial charge in [-0.25, -0.2) is 9.59 Å². The third kappa shape index (κ3) is 17.0. The fraction of sp³-hybridized carbons (Fsp3) is 0.524. The summed E-state index contributed by atoms with van der Waals surface area (Å²) in [6.07, 6.45) is 4.29. The SMILES string of the molecule is C=CCC(CN(C)C(=O)CC)(c1ccc(Cl)c(Cl)c1)N(C)C(=O)OC(C)(C)C.C=CCC(CNC)(c1ccc(Cl)c(Cl)c1)N(C)C(=O)OC(C)(C)C.CCC(=O)Cl. The molecule has 10 nitrogen and oxygen atoms in total. The van der Waals surface area contributed by atoms with Crippen molar-refractivity contribution in [3.63, 3.8) is 0 Å². The van der Waals surface area contributed by atoms with Crippen LogP contribution in [0.2, 0.25) is 20.1 Å². The van der Waals surface area contributed by atoms with Crippen molar-refractivity contribution >= 4 is 81.3 Å². The van der Waals surface area contributed by atoms with Crippen LogP contribution < -0.4 is 5.32 Å². The minimum Gasteiger partial charge on any atom is -0.444 e. The van der Waals surface area contributed by atoms with Crippen LogP contribution in [-0.4, -0.2) is 90.5 Å². The van der Waals surface area contributed by atoms with Crippen molar-refractivity contribution in [2.24, 2.45) is 0 Å². The Labute approximate surface area is 365 Å². The van der Waals surface area contributed by atoms with E-state index in [0.717, 1.165) is 11.1 Å². The van der Waals surface area contributed by atoms with E-state index in [2.05, 4.69) is 18.5 Å². The summed E-state index contributed by atoms with van der Waals surface area (Å²) in [6.45, 7) is 22.9. The Morgan fingerprint density at radius 2 is 1.05 bits per heavy atom. The largest absolute Gasteiger partial charge is 0.444 e. The molecule has 0 aliphatic rings. The molecule has 0 fully saturated rings. The molecule has 2 unspecified atom stereocenters. The summed E-state index contributed by atoms with van der Waals surface area (Å²) in [5.74, 6) is -0.0360. The molecule has 0 radical (unpaired) electrons. The standard InChI is InChI=1S/C21H30Cl2N2O3.C18H26Cl2N2O2.C3H5ClO/c1-8-12-21(14-24(6)18(26)9-2,15-10-11-16(22)17(23)13-15)25(7)19(27)28-20(3,4)5;1-7-10-18(12-21-5,13-8-9-14(19)15(20)11-13)22(6)16(23)24-17(2,3)4;1-2-3(4)5/h8,10-11,13H,1,9,12,14H2,2-7H3;7-9,11,21H,1,10,12H2,2-6H3;2H2,1H3. The highest BCUT2D eigenvalue weighted by Crippen LogP contribution is 2.38. The average Bonchev–Trinajstić information content (AvgIpc) is 3.11. The van der Waals surface area contributed by atoms with Crippen molar-refractivity contribution in [1.29, 1.82) is 0 Å². The first-order valence-corrected chi connectivity index (χ1v) is 20.2. The van der Waals surface area contributed by atoms with Gasteiger partial charge in [0.2, 0.25) is 11.1 Å². The molecule has 0 heterocycles. The number of hydrogen-bond acceptors (Lipinski definition) is 7. The van der Waals surface area contributed by atoms with Crippen molar-refractivity contribution < 1.29 is 28.7 Å². The van der Waals surface area contributed by atoms with Gasteiger partial charge in [-0.05, 0) is 108 Å². The Hall–Kier alpha value is -2.99. The summed E-state index contributed by atoms with van der Waals surface area (Å²) >= 11 is 29.4. The summed E-state index contributed by atoms with van der Waals surface area (Å²) in [7, 11) is 6.92. The van der Waals surface area contributed by atoms with Gasteiger partial charge in [0.1, 0.15) is 11.2 Å².